The van der Waals surface area contributed by atoms with Gasteiger partial charge in [-0.25, -0.2) is 0 Å². The molecular formula is C13H17NO2. The van der Waals surface area contributed by atoms with Crippen LogP contribution in [-0.4, -0.2) is 16.7 Å². The summed E-state index contributed by atoms with van der Waals surface area (Å²) in [4.78, 5) is 4.41. The van der Waals surface area contributed by atoms with E-state index in [0.717, 1.165) is 42.0 Å². The van der Waals surface area contributed by atoms with E-state index < -0.39 is 6.10 Å². The Hall–Kier alpha value is -1.35. The summed E-state index contributed by atoms with van der Waals surface area (Å²) >= 11 is 0. The predicted molar refractivity (Wildman–Crippen MR) is 62.6 cm³/mol. The Kier molecular flexibility index (Phi) is 3.25. The highest BCUT2D eigenvalue weighted by atomic mass is 16.5. The molecule has 0 amide bonds. The molecule has 3 heteroatoms. The highest BCUT2D eigenvalue weighted by Gasteiger charge is 2.23. The number of ether oxygens (including phenoxy) is 1. The first kappa shape index (κ1) is 11.1. The molecule has 1 unspecified atom stereocenters. The number of aryl methyl sites for hydroxylation is 1. The van der Waals surface area contributed by atoms with Crippen molar-refractivity contribution < 1.29 is 9.84 Å². The molecule has 0 fully saturated rings. The van der Waals surface area contributed by atoms with Gasteiger partial charge in [-0.15, -0.1) is 0 Å². The molecule has 86 valence electrons. The van der Waals surface area contributed by atoms with Crippen molar-refractivity contribution in [1.82, 2.24) is 4.98 Å². The van der Waals surface area contributed by atoms with Crippen LogP contribution in [0.25, 0.3) is 0 Å². The van der Waals surface area contributed by atoms with Gasteiger partial charge in [-0.3, -0.25) is 4.98 Å². The van der Waals surface area contributed by atoms with Gasteiger partial charge in [-0.05, 0) is 26.2 Å². The summed E-state index contributed by atoms with van der Waals surface area (Å²) in [6, 6.07) is 1.93. The van der Waals surface area contributed by atoms with Crippen molar-refractivity contribution in [3.63, 3.8) is 0 Å². The number of aliphatic hydroxyl groups is 1. The van der Waals surface area contributed by atoms with Gasteiger partial charge in [0, 0.05) is 17.3 Å². The van der Waals surface area contributed by atoms with Gasteiger partial charge in [-0.2, -0.15) is 0 Å². The van der Waals surface area contributed by atoms with E-state index in [4.69, 9.17) is 4.74 Å². The molecule has 1 aliphatic carbocycles. The lowest BCUT2D eigenvalue weighted by Gasteiger charge is -2.23. The van der Waals surface area contributed by atoms with Crippen LogP contribution in [-0.2, 0) is 6.42 Å². The summed E-state index contributed by atoms with van der Waals surface area (Å²) in [6.45, 7) is 6.05. The molecule has 1 aromatic rings. The first-order valence-corrected chi connectivity index (χ1v) is 5.64. The summed E-state index contributed by atoms with van der Waals surface area (Å²) in [7, 11) is 0. The molecule has 1 aliphatic rings. The van der Waals surface area contributed by atoms with E-state index in [0.29, 0.717) is 6.61 Å². The van der Waals surface area contributed by atoms with Crippen molar-refractivity contribution in [1.29, 1.82) is 0 Å². The minimum atomic E-state index is -0.435. The van der Waals surface area contributed by atoms with Crippen LogP contribution in [0.15, 0.2) is 18.7 Å². The minimum absolute atomic E-state index is 0.435. The third kappa shape index (κ3) is 2.09. The van der Waals surface area contributed by atoms with Crippen LogP contribution < -0.4 is 4.74 Å². The molecule has 2 rings (SSSR count). The molecule has 1 aromatic heterocycles. The Morgan fingerprint density at radius 1 is 1.69 bits per heavy atom. The minimum Gasteiger partial charge on any atom is -0.489 e. The first-order valence-electron chi connectivity index (χ1n) is 5.64. The van der Waals surface area contributed by atoms with E-state index in [1.165, 1.54) is 0 Å². The number of aliphatic hydroxyl groups excluding tert-OH is 1. The Morgan fingerprint density at radius 2 is 2.50 bits per heavy atom. The first-order chi connectivity index (χ1) is 7.72. The summed E-state index contributed by atoms with van der Waals surface area (Å²) in [5, 5.41) is 9.90. The fraction of sp³-hybridized carbons (Fsp3) is 0.462. The molecule has 3 nitrogen and oxygen atoms in total. The van der Waals surface area contributed by atoms with E-state index in [9.17, 15) is 5.11 Å². The number of rotatable bonds is 3. The molecule has 1 atom stereocenters. The highest BCUT2D eigenvalue weighted by molar-refractivity contribution is 5.40. The Balaban J connectivity index is 2.40. The van der Waals surface area contributed by atoms with Crippen LogP contribution in [0.5, 0.6) is 5.75 Å². The number of nitrogens with zero attached hydrogens (tertiary/aromatic N) is 1. The van der Waals surface area contributed by atoms with Crippen molar-refractivity contribution in [3.05, 3.63) is 35.7 Å². The van der Waals surface area contributed by atoms with Crippen molar-refractivity contribution in [2.24, 2.45) is 0 Å². The SMILES string of the molecule is C=CCOc1cc(C)nc2c1CCCC2O. The number of hydrogen-bond donors (Lipinski definition) is 1. The lowest BCUT2D eigenvalue weighted by atomic mass is 9.92. The molecule has 0 aliphatic heterocycles. The second-order valence-electron chi connectivity index (χ2n) is 4.13. The van der Waals surface area contributed by atoms with E-state index in [2.05, 4.69) is 11.6 Å². The molecule has 0 saturated heterocycles. The molecule has 0 bridgehead atoms. The molecule has 0 saturated carbocycles. The second kappa shape index (κ2) is 4.66. The van der Waals surface area contributed by atoms with E-state index in [1.807, 2.05) is 13.0 Å². The molecule has 16 heavy (non-hydrogen) atoms. The van der Waals surface area contributed by atoms with Crippen molar-refractivity contribution in [2.75, 3.05) is 6.61 Å². The maximum atomic E-state index is 9.90. The normalized spacial score (nSPS) is 19.0. The fourth-order valence-corrected chi connectivity index (χ4v) is 2.11. The topological polar surface area (TPSA) is 42.4 Å². The standard InChI is InChI=1S/C13H17NO2/c1-3-7-16-12-8-9(2)14-13-10(12)5-4-6-11(13)15/h3,8,11,15H,1,4-7H2,2H3. The summed E-state index contributed by atoms with van der Waals surface area (Å²) in [6.07, 6.45) is 4.01. The lowest BCUT2D eigenvalue weighted by molar-refractivity contribution is 0.150. The maximum Gasteiger partial charge on any atom is 0.126 e. The van der Waals surface area contributed by atoms with Gasteiger partial charge < -0.3 is 9.84 Å². The van der Waals surface area contributed by atoms with Gasteiger partial charge >= 0.3 is 0 Å². The van der Waals surface area contributed by atoms with Gasteiger partial charge in [0.15, 0.2) is 0 Å². The van der Waals surface area contributed by atoms with Gasteiger partial charge in [0.05, 0.1) is 11.8 Å². The number of pyridine rings is 1. The Labute approximate surface area is 95.8 Å². The molecule has 1 heterocycles. The van der Waals surface area contributed by atoms with Crippen LogP contribution >= 0.6 is 0 Å². The third-order valence-corrected chi connectivity index (χ3v) is 2.82. The molecule has 0 aromatic carbocycles. The van der Waals surface area contributed by atoms with Gasteiger partial charge in [-0.1, -0.05) is 12.7 Å². The average Bonchev–Trinajstić information content (AvgIpc) is 2.27. The maximum absolute atomic E-state index is 9.90. The second-order valence-corrected chi connectivity index (χ2v) is 4.13. The molecule has 1 N–H and O–H groups in total. The lowest BCUT2D eigenvalue weighted by Crippen LogP contribution is -2.14. The van der Waals surface area contributed by atoms with Crippen LogP contribution in [0.3, 0.4) is 0 Å². The van der Waals surface area contributed by atoms with Gasteiger partial charge in [0.25, 0.3) is 0 Å². The zero-order chi connectivity index (χ0) is 11.5. The van der Waals surface area contributed by atoms with Crippen molar-refractivity contribution in [3.8, 4) is 5.75 Å². The summed E-state index contributed by atoms with van der Waals surface area (Å²) in [5.41, 5.74) is 2.75. The van der Waals surface area contributed by atoms with Crippen molar-refractivity contribution in [2.45, 2.75) is 32.3 Å². The number of fused-ring (bicyclic) bond motifs is 1. The smallest absolute Gasteiger partial charge is 0.126 e. The summed E-state index contributed by atoms with van der Waals surface area (Å²) < 4.78 is 5.61. The monoisotopic (exact) mass is 219 g/mol. The third-order valence-electron chi connectivity index (χ3n) is 2.82. The molecule has 0 radical (unpaired) electrons. The van der Waals surface area contributed by atoms with E-state index in [-0.39, 0.29) is 0 Å². The van der Waals surface area contributed by atoms with Crippen LogP contribution in [0.4, 0.5) is 0 Å². The van der Waals surface area contributed by atoms with Gasteiger partial charge in [0.1, 0.15) is 12.4 Å². The Bertz CT molecular complexity index is 401. The quantitative estimate of drug-likeness (QED) is 0.793. The van der Waals surface area contributed by atoms with Crippen LogP contribution in [0.1, 0.15) is 35.9 Å². The summed E-state index contributed by atoms with van der Waals surface area (Å²) in [5.74, 6) is 0.848. The van der Waals surface area contributed by atoms with E-state index in [1.54, 1.807) is 6.08 Å². The average molecular weight is 219 g/mol. The fourth-order valence-electron chi connectivity index (χ4n) is 2.11. The number of aromatic nitrogens is 1. The van der Waals surface area contributed by atoms with Crippen LogP contribution in [0, 0.1) is 6.92 Å². The molecular weight excluding hydrogens is 202 g/mol. The van der Waals surface area contributed by atoms with E-state index >= 15 is 0 Å². The Morgan fingerprint density at radius 3 is 3.25 bits per heavy atom. The predicted octanol–water partition coefficient (Wildman–Crippen LogP) is 2.32. The van der Waals surface area contributed by atoms with Gasteiger partial charge in [0.2, 0.25) is 0 Å². The number of hydrogen-bond acceptors (Lipinski definition) is 3. The zero-order valence-corrected chi connectivity index (χ0v) is 9.57. The van der Waals surface area contributed by atoms with Crippen LogP contribution in [0.2, 0.25) is 0 Å². The molecule has 0 spiro atoms. The highest BCUT2D eigenvalue weighted by Crippen LogP contribution is 2.34. The van der Waals surface area contributed by atoms with Crippen molar-refractivity contribution >= 4 is 0 Å². The largest absolute Gasteiger partial charge is 0.489 e. The zero-order valence-electron chi connectivity index (χ0n) is 9.57.